The zero-order valence-corrected chi connectivity index (χ0v) is 12.5. The van der Waals surface area contributed by atoms with Crippen LogP contribution in [0.4, 0.5) is 0 Å². The smallest absolute Gasteiger partial charge is 0.0701 e. The normalized spacial score (nSPS) is 11.2. The van der Waals surface area contributed by atoms with Crippen LogP contribution in [0.1, 0.15) is 25.8 Å². The van der Waals surface area contributed by atoms with Gasteiger partial charge in [-0.25, -0.2) is 0 Å². The molecule has 1 rings (SSSR count). The van der Waals surface area contributed by atoms with Crippen LogP contribution < -0.4 is 10.6 Å². The van der Waals surface area contributed by atoms with Gasteiger partial charge in [0.05, 0.1) is 3.79 Å². The van der Waals surface area contributed by atoms with E-state index in [1.165, 1.54) is 15.8 Å². The number of rotatable bonds is 8. The Hall–Kier alpha value is 0.100. The predicted molar refractivity (Wildman–Crippen MR) is 76.1 cm³/mol. The topological polar surface area (TPSA) is 24.1 Å². The van der Waals surface area contributed by atoms with E-state index < -0.39 is 0 Å². The molecule has 4 heteroatoms. The third-order valence-corrected chi connectivity index (χ3v) is 3.76. The fourth-order valence-electron chi connectivity index (χ4n) is 1.40. The Balaban J connectivity index is 1.92. The monoisotopic (exact) mass is 304 g/mol. The van der Waals surface area contributed by atoms with Crippen molar-refractivity contribution in [3.05, 3.63) is 20.8 Å². The highest BCUT2D eigenvalue weighted by atomic mass is 79.9. The van der Waals surface area contributed by atoms with E-state index in [1.54, 1.807) is 11.3 Å². The summed E-state index contributed by atoms with van der Waals surface area (Å²) in [5.74, 6) is 0.746. The highest BCUT2D eigenvalue weighted by Gasteiger charge is 1.96. The molecule has 0 bridgehead atoms. The summed E-state index contributed by atoms with van der Waals surface area (Å²) in [6, 6.07) is 2.18. The van der Waals surface area contributed by atoms with Gasteiger partial charge in [0, 0.05) is 6.54 Å². The summed E-state index contributed by atoms with van der Waals surface area (Å²) in [6.45, 7) is 8.76. The van der Waals surface area contributed by atoms with E-state index in [-0.39, 0.29) is 0 Å². The minimum absolute atomic E-state index is 0.746. The predicted octanol–water partition coefficient (Wildman–Crippen LogP) is 3.24. The fraction of sp³-hybridized carbons (Fsp3) is 0.667. The Morgan fingerprint density at radius 2 is 2.06 bits per heavy atom. The Morgan fingerprint density at radius 1 is 1.31 bits per heavy atom. The van der Waals surface area contributed by atoms with Crippen LogP contribution in [0, 0.1) is 5.92 Å². The van der Waals surface area contributed by atoms with E-state index in [1.807, 2.05) is 0 Å². The lowest BCUT2D eigenvalue weighted by Gasteiger charge is -2.07. The average molecular weight is 305 g/mol. The minimum Gasteiger partial charge on any atom is -0.316 e. The van der Waals surface area contributed by atoms with Crippen LogP contribution in [0.3, 0.4) is 0 Å². The van der Waals surface area contributed by atoms with Crippen molar-refractivity contribution in [3.63, 3.8) is 0 Å². The molecule has 0 saturated carbocycles. The second-order valence-electron chi connectivity index (χ2n) is 4.39. The van der Waals surface area contributed by atoms with E-state index >= 15 is 0 Å². The van der Waals surface area contributed by atoms with Crippen LogP contribution in [0.15, 0.2) is 15.2 Å². The maximum Gasteiger partial charge on any atom is 0.0701 e. The summed E-state index contributed by atoms with van der Waals surface area (Å²) >= 11 is 5.21. The fourth-order valence-corrected chi connectivity index (χ4v) is 2.61. The largest absolute Gasteiger partial charge is 0.316 e. The van der Waals surface area contributed by atoms with Crippen LogP contribution >= 0.6 is 27.3 Å². The molecule has 0 radical (unpaired) electrons. The third kappa shape index (κ3) is 6.63. The molecule has 92 valence electrons. The van der Waals surface area contributed by atoms with Gasteiger partial charge >= 0.3 is 0 Å². The molecule has 1 heterocycles. The first-order valence-corrected chi connectivity index (χ1v) is 7.50. The van der Waals surface area contributed by atoms with E-state index in [0.29, 0.717) is 0 Å². The molecule has 1 aromatic rings. The van der Waals surface area contributed by atoms with Gasteiger partial charge in [0.15, 0.2) is 0 Å². The van der Waals surface area contributed by atoms with Crippen molar-refractivity contribution in [2.75, 3.05) is 19.6 Å². The summed E-state index contributed by atoms with van der Waals surface area (Å²) in [6.07, 6.45) is 1.19. The minimum atomic E-state index is 0.746. The zero-order chi connectivity index (χ0) is 11.8. The van der Waals surface area contributed by atoms with Crippen LogP contribution in [0.25, 0.3) is 0 Å². The van der Waals surface area contributed by atoms with E-state index in [4.69, 9.17) is 0 Å². The van der Waals surface area contributed by atoms with Crippen LogP contribution in [0.5, 0.6) is 0 Å². The second-order valence-corrected chi connectivity index (χ2v) is 6.68. The molecule has 0 amide bonds. The number of halogens is 1. The Morgan fingerprint density at radius 3 is 2.69 bits per heavy atom. The quantitative estimate of drug-likeness (QED) is 0.721. The Kier molecular flexibility index (Phi) is 7.28. The summed E-state index contributed by atoms with van der Waals surface area (Å²) in [5.41, 5.74) is 1.37. The summed E-state index contributed by atoms with van der Waals surface area (Å²) in [7, 11) is 0. The molecule has 0 spiro atoms. The zero-order valence-electron chi connectivity index (χ0n) is 10.1. The highest BCUT2D eigenvalue weighted by molar-refractivity contribution is 9.11. The molecular formula is C12H21BrN2S. The molecule has 0 atom stereocenters. The molecule has 0 aliphatic carbocycles. The van der Waals surface area contributed by atoms with Gasteiger partial charge in [-0.1, -0.05) is 13.8 Å². The molecule has 0 aliphatic rings. The van der Waals surface area contributed by atoms with Crippen LogP contribution in [-0.4, -0.2) is 19.6 Å². The number of thiophene rings is 1. The molecule has 0 aromatic carbocycles. The van der Waals surface area contributed by atoms with Crippen molar-refractivity contribution in [1.29, 1.82) is 0 Å². The summed E-state index contributed by atoms with van der Waals surface area (Å²) in [5, 5.41) is 9.08. The van der Waals surface area contributed by atoms with Gasteiger partial charge < -0.3 is 10.6 Å². The summed E-state index contributed by atoms with van der Waals surface area (Å²) < 4.78 is 1.21. The molecule has 0 aliphatic heterocycles. The number of hydrogen-bond donors (Lipinski definition) is 2. The molecule has 2 N–H and O–H groups in total. The van der Waals surface area contributed by atoms with Crippen molar-refractivity contribution < 1.29 is 0 Å². The lowest BCUT2D eigenvalue weighted by Crippen LogP contribution is -2.24. The highest BCUT2D eigenvalue weighted by Crippen LogP contribution is 2.20. The SMILES string of the molecule is CC(C)CNCCCNCc1csc(Br)c1. The molecular weight excluding hydrogens is 284 g/mol. The Bertz CT molecular complexity index is 286. The first-order valence-electron chi connectivity index (χ1n) is 5.83. The molecule has 0 fully saturated rings. The second kappa shape index (κ2) is 8.23. The van der Waals surface area contributed by atoms with Gasteiger partial charge in [-0.2, -0.15) is 0 Å². The van der Waals surface area contributed by atoms with Crippen molar-refractivity contribution in [1.82, 2.24) is 10.6 Å². The summed E-state index contributed by atoms with van der Waals surface area (Å²) in [4.78, 5) is 0. The number of nitrogens with one attached hydrogen (secondary N) is 2. The lowest BCUT2D eigenvalue weighted by molar-refractivity contribution is 0.530. The average Bonchev–Trinajstić information content (AvgIpc) is 2.62. The van der Waals surface area contributed by atoms with E-state index in [9.17, 15) is 0 Å². The lowest BCUT2D eigenvalue weighted by atomic mass is 10.2. The van der Waals surface area contributed by atoms with Crippen LogP contribution in [0.2, 0.25) is 0 Å². The first kappa shape index (κ1) is 14.2. The van der Waals surface area contributed by atoms with Crippen molar-refractivity contribution in [3.8, 4) is 0 Å². The maximum absolute atomic E-state index is 3.47. The standard InChI is InChI=1S/C12H21BrN2S/c1-10(2)7-14-4-3-5-15-8-11-6-12(13)16-9-11/h6,9-10,14-15H,3-5,7-8H2,1-2H3. The van der Waals surface area contributed by atoms with Gasteiger partial charge in [0.25, 0.3) is 0 Å². The maximum atomic E-state index is 3.47. The molecule has 1 aromatic heterocycles. The van der Waals surface area contributed by atoms with E-state index in [2.05, 4.69) is 51.9 Å². The van der Waals surface area contributed by atoms with Crippen LogP contribution in [-0.2, 0) is 6.54 Å². The van der Waals surface area contributed by atoms with E-state index in [0.717, 1.165) is 32.1 Å². The third-order valence-electron chi connectivity index (χ3n) is 2.21. The molecule has 16 heavy (non-hydrogen) atoms. The van der Waals surface area contributed by atoms with Gasteiger partial charge in [-0.05, 0) is 64.9 Å². The van der Waals surface area contributed by atoms with Gasteiger partial charge in [0.2, 0.25) is 0 Å². The molecule has 0 saturated heterocycles. The van der Waals surface area contributed by atoms with Crippen molar-refractivity contribution >= 4 is 27.3 Å². The molecule has 2 nitrogen and oxygen atoms in total. The van der Waals surface area contributed by atoms with Crippen molar-refractivity contribution in [2.45, 2.75) is 26.8 Å². The first-order chi connectivity index (χ1) is 7.68. The van der Waals surface area contributed by atoms with Gasteiger partial charge in [0.1, 0.15) is 0 Å². The van der Waals surface area contributed by atoms with Gasteiger partial charge in [-0.3, -0.25) is 0 Å². The van der Waals surface area contributed by atoms with Crippen molar-refractivity contribution in [2.24, 2.45) is 5.92 Å². The Labute approximate surface area is 111 Å². The molecule has 0 unspecified atom stereocenters. The number of hydrogen-bond acceptors (Lipinski definition) is 3. The van der Waals surface area contributed by atoms with Gasteiger partial charge in [-0.15, -0.1) is 11.3 Å².